The van der Waals surface area contributed by atoms with Crippen LogP contribution >= 0.6 is 0 Å². The van der Waals surface area contributed by atoms with Crippen molar-refractivity contribution >= 4 is 28.8 Å². The van der Waals surface area contributed by atoms with Crippen molar-refractivity contribution in [3.8, 4) is 0 Å². The molecule has 9 nitrogen and oxygen atoms in total. The normalized spacial score (nSPS) is 15.8. The maximum Gasteiger partial charge on any atom is 0.307 e. The van der Waals surface area contributed by atoms with Gasteiger partial charge in [-0.1, -0.05) is 30.3 Å². The van der Waals surface area contributed by atoms with Crippen molar-refractivity contribution in [2.45, 2.75) is 25.9 Å². The number of fused-ring (bicyclic) bond motifs is 1. The molecule has 1 unspecified atom stereocenters. The van der Waals surface area contributed by atoms with Crippen LogP contribution in [0.15, 0.2) is 59.5 Å². The van der Waals surface area contributed by atoms with E-state index in [1.807, 2.05) is 30.3 Å². The third-order valence-electron chi connectivity index (χ3n) is 5.52. The van der Waals surface area contributed by atoms with Crippen molar-refractivity contribution in [2.75, 3.05) is 19.7 Å². The van der Waals surface area contributed by atoms with Gasteiger partial charge in [0.05, 0.1) is 25.6 Å². The quantitative estimate of drug-likeness (QED) is 0.570. The van der Waals surface area contributed by atoms with E-state index in [2.05, 4.69) is 10.3 Å². The molecule has 2 aromatic heterocycles. The minimum absolute atomic E-state index is 0.0741. The molecule has 0 radical (unpaired) electrons. The molecule has 1 fully saturated rings. The molecule has 3 aromatic rings. The number of piperazine rings is 1. The molecule has 1 aliphatic heterocycles. The highest BCUT2D eigenvalue weighted by atomic mass is 16.5. The maximum atomic E-state index is 13.5. The Bertz CT molecular complexity index is 1250. The van der Waals surface area contributed by atoms with Gasteiger partial charge in [-0.15, -0.1) is 0 Å². The molecular weight excluding hydrogens is 424 g/mol. The Balaban J connectivity index is 1.75. The van der Waals surface area contributed by atoms with Gasteiger partial charge < -0.3 is 15.0 Å². The standard InChI is InChI=1S/C24H24N4O5/c1-2-33-21(30)12-18-13-26-20(29)15-27(18)23(31)19-11-17-9-6-10-25-22(17)28(24(19)32)14-16-7-4-3-5-8-16/h3-11,18H,2,12-15H2,1H3,(H,26,29). The Kier molecular flexibility index (Phi) is 6.48. The predicted octanol–water partition coefficient (Wildman–Crippen LogP) is 1.34. The number of nitrogens with zero attached hydrogens (tertiary/aromatic N) is 3. The molecule has 1 aliphatic rings. The fourth-order valence-electron chi connectivity index (χ4n) is 3.94. The van der Waals surface area contributed by atoms with Crippen LogP contribution in [0.3, 0.4) is 0 Å². The molecule has 1 saturated heterocycles. The lowest BCUT2D eigenvalue weighted by Gasteiger charge is -2.35. The zero-order chi connectivity index (χ0) is 23.4. The van der Waals surface area contributed by atoms with Crippen molar-refractivity contribution in [3.63, 3.8) is 0 Å². The molecule has 1 aromatic carbocycles. The number of carbonyl (C=O) groups is 3. The van der Waals surface area contributed by atoms with E-state index < -0.39 is 23.5 Å². The van der Waals surface area contributed by atoms with Crippen LogP contribution in [-0.4, -0.2) is 58.0 Å². The summed E-state index contributed by atoms with van der Waals surface area (Å²) in [5, 5.41) is 3.30. The number of carbonyl (C=O) groups excluding carboxylic acids is 3. The highest BCUT2D eigenvalue weighted by Gasteiger charge is 2.34. The molecule has 0 bridgehead atoms. The van der Waals surface area contributed by atoms with Gasteiger partial charge in [-0.25, -0.2) is 4.98 Å². The Morgan fingerprint density at radius 2 is 1.94 bits per heavy atom. The predicted molar refractivity (Wildman–Crippen MR) is 121 cm³/mol. The van der Waals surface area contributed by atoms with Crippen molar-refractivity contribution in [1.82, 2.24) is 19.8 Å². The molecule has 33 heavy (non-hydrogen) atoms. The largest absolute Gasteiger partial charge is 0.466 e. The zero-order valence-electron chi connectivity index (χ0n) is 18.2. The number of rotatable bonds is 6. The molecule has 0 saturated carbocycles. The highest BCUT2D eigenvalue weighted by molar-refractivity contribution is 5.99. The average Bonchev–Trinajstić information content (AvgIpc) is 2.82. The van der Waals surface area contributed by atoms with E-state index in [9.17, 15) is 19.2 Å². The minimum atomic E-state index is -0.610. The second kappa shape index (κ2) is 9.64. The molecule has 1 atom stereocenters. The van der Waals surface area contributed by atoms with Gasteiger partial charge in [0.1, 0.15) is 17.8 Å². The summed E-state index contributed by atoms with van der Waals surface area (Å²) in [6.07, 6.45) is 1.52. The molecule has 0 aliphatic carbocycles. The summed E-state index contributed by atoms with van der Waals surface area (Å²) in [7, 11) is 0. The SMILES string of the molecule is CCOC(=O)CC1CNC(=O)CN1C(=O)c1cc2cccnc2n(Cc2ccccc2)c1=O. The second-order valence-electron chi connectivity index (χ2n) is 7.75. The summed E-state index contributed by atoms with van der Waals surface area (Å²) in [5.74, 6) is -1.42. The van der Waals surface area contributed by atoms with Gasteiger partial charge in [0.15, 0.2) is 0 Å². The van der Waals surface area contributed by atoms with Gasteiger partial charge >= 0.3 is 5.97 Å². The molecule has 170 valence electrons. The first-order valence-corrected chi connectivity index (χ1v) is 10.7. The van der Waals surface area contributed by atoms with E-state index in [-0.39, 0.29) is 44.1 Å². The number of benzene rings is 1. The Morgan fingerprint density at radius 3 is 2.70 bits per heavy atom. The van der Waals surface area contributed by atoms with Crippen LogP contribution in [0.4, 0.5) is 0 Å². The van der Waals surface area contributed by atoms with Crippen LogP contribution in [-0.2, 0) is 20.9 Å². The lowest BCUT2D eigenvalue weighted by atomic mass is 10.1. The summed E-state index contributed by atoms with van der Waals surface area (Å²) in [6.45, 7) is 2.01. The third kappa shape index (κ3) is 4.77. The number of hydrogen-bond donors (Lipinski definition) is 1. The van der Waals surface area contributed by atoms with Gasteiger partial charge in [0, 0.05) is 18.1 Å². The lowest BCUT2D eigenvalue weighted by molar-refractivity contribution is -0.145. The van der Waals surface area contributed by atoms with E-state index in [0.717, 1.165) is 5.56 Å². The third-order valence-corrected chi connectivity index (χ3v) is 5.52. The van der Waals surface area contributed by atoms with Gasteiger partial charge in [0.2, 0.25) is 5.91 Å². The maximum absolute atomic E-state index is 13.5. The van der Waals surface area contributed by atoms with Crippen LogP contribution in [0.2, 0.25) is 0 Å². The van der Waals surface area contributed by atoms with Crippen LogP contribution in [0, 0.1) is 0 Å². The smallest absolute Gasteiger partial charge is 0.307 e. The first-order valence-electron chi connectivity index (χ1n) is 10.7. The number of hydrogen-bond acceptors (Lipinski definition) is 6. The van der Waals surface area contributed by atoms with Crippen LogP contribution in [0.5, 0.6) is 0 Å². The molecular formula is C24H24N4O5. The van der Waals surface area contributed by atoms with Crippen molar-refractivity contribution in [3.05, 3.63) is 76.2 Å². The average molecular weight is 448 g/mol. The number of amides is 2. The fourth-order valence-corrected chi connectivity index (χ4v) is 3.94. The summed E-state index contributed by atoms with van der Waals surface area (Å²) in [4.78, 5) is 56.7. The van der Waals surface area contributed by atoms with E-state index in [1.165, 1.54) is 15.5 Å². The lowest BCUT2D eigenvalue weighted by Crippen LogP contribution is -2.57. The van der Waals surface area contributed by atoms with Crippen molar-refractivity contribution < 1.29 is 19.1 Å². The molecule has 9 heteroatoms. The zero-order valence-corrected chi connectivity index (χ0v) is 18.2. The number of esters is 1. The van der Waals surface area contributed by atoms with Gasteiger partial charge in [-0.05, 0) is 30.7 Å². The molecule has 0 spiro atoms. The molecule has 2 amide bonds. The Morgan fingerprint density at radius 1 is 1.15 bits per heavy atom. The van der Waals surface area contributed by atoms with E-state index in [0.29, 0.717) is 11.0 Å². The summed E-state index contributed by atoms with van der Waals surface area (Å²) in [5.41, 5.74) is 0.766. The van der Waals surface area contributed by atoms with Gasteiger partial charge in [-0.3, -0.25) is 23.7 Å². The molecule has 1 N–H and O–H groups in total. The number of ether oxygens (including phenoxy) is 1. The number of pyridine rings is 2. The van der Waals surface area contributed by atoms with Crippen LogP contribution in [0.1, 0.15) is 29.3 Å². The number of nitrogens with one attached hydrogen (secondary N) is 1. The summed E-state index contributed by atoms with van der Waals surface area (Å²) in [6, 6.07) is 13.8. The van der Waals surface area contributed by atoms with Crippen LogP contribution < -0.4 is 10.9 Å². The van der Waals surface area contributed by atoms with Gasteiger partial charge in [0.25, 0.3) is 11.5 Å². The molecule has 3 heterocycles. The van der Waals surface area contributed by atoms with E-state index in [4.69, 9.17) is 4.74 Å². The minimum Gasteiger partial charge on any atom is -0.466 e. The highest BCUT2D eigenvalue weighted by Crippen LogP contribution is 2.17. The first kappa shape index (κ1) is 22.2. The number of aromatic nitrogens is 2. The topological polar surface area (TPSA) is 111 Å². The fraction of sp³-hybridized carbons (Fsp3) is 0.292. The molecule has 4 rings (SSSR count). The van der Waals surface area contributed by atoms with Crippen molar-refractivity contribution in [1.29, 1.82) is 0 Å². The monoisotopic (exact) mass is 448 g/mol. The Labute approximate surface area is 190 Å². The van der Waals surface area contributed by atoms with Gasteiger partial charge in [-0.2, -0.15) is 0 Å². The van der Waals surface area contributed by atoms with Crippen LogP contribution in [0.25, 0.3) is 11.0 Å². The van der Waals surface area contributed by atoms with E-state index in [1.54, 1.807) is 25.3 Å². The summed E-state index contributed by atoms with van der Waals surface area (Å²) < 4.78 is 6.47. The Hall–Kier alpha value is -4.01. The first-order chi connectivity index (χ1) is 16.0. The van der Waals surface area contributed by atoms with E-state index >= 15 is 0 Å². The second-order valence-corrected chi connectivity index (χ2v) is 7.75. The van der Waals surface area contributed by atoms with Crippen molar-refractivity contribution in [2.24, 2.45) is 0 Å². The summed E-state index contributed by atoms with van der Waals surface area (Å²) >= 11 is 0.